The molecule has 11 aromatic rings. The van der Waals surface area contributed by atoms with E-state index in [-0.39, 0.29) is 0 Å². The van der Waals surface area contributed by atoms with Gasteiger partial charge in [-0.15, -0.1) is 0 Å². The van der Waals surface area contributed by atoms with E-state index in [9.17, 15) is 0 Å². The van der Waals surface area contributed by atoms with E-state index in [2.05, 4.69) is 248 Å². The van der Waals surface area contributed by atoms with Crippen LogP contribution in [0.1, 0.15) is 0 Å². The zero-order chi connectivity index (χ0) is 41.2. The minimum absolute atomic E-state index is 0.877. The van der Waals surface area contributed by atoms with Crippen LogP contribution >= 0.6 is 0 Å². The third-order valence-electron chi connectivity index (χ3n) is 11.9. The van der Waals surface area contributed by atoms with E-state index in [1.54, 1.807) is 0 Å². The van der Waals surface area contributed by atoms with Gasteiger partial charge in [-0.05, 0) is 104 Å². The lowest BCUT2D eigenvalue weighted by Gasteiger charge is -2.28. The average Bonchev–Trinajstić information content (AvgIpc) is 3.75. The van der Waals surface area contributed by atoms with Crippen LogP contribution in [-0.4, -0.2) is 0 Å². The number of hydrogen-bond acceptors (Lipinski definition) is 2. The number of hydrogen-bond donors (Lipinski definition) is 0. The molecule has 292 valence electrons. The molecule has 62 heavy (non-hydrogen) atoms. The van der Waals surface area contributed by atoms with Gasteiger partial charge >= 0.3 is 0 Å². The van der Waals surface area contributed by atoms with Crippen LogP contribution in [0.5, 0.6) is 0 Å². The molecule has 0 saturated carbocycles. The molecule has 0 saturated heterocycles. The molecule has 0 aliphatic rings. The molecule has 0 atom stereocenters. The van der Waals surface area contributed by atoms with Gasteiger partial charge in [0.05, 0.1) is 5.69 Å². The summed E-state index contributed by atoms with van der Waals surface area (Å²) in [7, 11) is 0. The zero-order valence-electron chi connectivity index (χ0n) is 34.0. The van der Waals surface area contributed by atoms with E-state index < -0.39 is 0 Å². The highest BCUT2D eigenvalue weighted by molar-refractivity contribution is 6.02. The summed E-state index contributed by atoms with van der Waals surface area (Å²) in [6.07, 6.45) is 0. The summed E-state index contributed by atoms with van der Waals surface area (Å²) < 4.78 is 6.60. The zero-order valence-corrected chi connectivity index (χ0v) is 34.0. The first-order valence-corrected chi connectivity index (χ1v) is 21.2. The summed E-state index contributed by atoms with van der Waals surface area (Å²) in [6.45, 7) is 0. The van der Waals surface area contributed by atoms with Gasteiger partial charge in [-0.3, -0.25) is 0 Å². The topological polar surface area (TPSA) is 16.4 Å². The molecule has 0 radical (unpaired) electrons. The van der Waals surface area contributed by atoms with Gasteiger partial charge in [0.25, 0.3) is 0 Å². The number of furan rings is 1. The molecule has 0 unspecified atom stereocenters. The van der Waals surface area contributed by atoms with Crippen molar-refractivity contribution in [2.75, 3.05) is 4.90 Å². The van der Waals surface area contributed by atoms with E-state index in [1.165, 1.54) is 33.0 Å². The Morgan fingerprint density at radius 2 is 0.774 bits per heavy atom. The van der Waals surface area contributed by atoms with Crippen molar-refractivity contribution in [3.8, 4) is 67.0 Å². The maximum atomic E-state index is 6.60. The Balaban J connectivity index is 0.984. The van der Waals surface area contributed by atoms with Gasteiger partial charge in [0, 0.05) is 33.5 Å². The normalized spacial score (nSPS) is 11.2. The van der Waals surface area contributed by atoms with Crippen LogP contribution in [0.4, 0.5) is 17.1 Å². The SMILES string of the molecule is c1ccc(-c2ccc(-c3ccccc3N(c3ccc(-c4cccc(-c5oc6ccccc6c5-c5ccccc5)c4)cc3)c3ccc(-c4ccc5ccccc5c4)cc3)cc2)cc1. The smallest absolute Gasteiger partial charge is 0.143 e. The number of anilines is 3. The first-order valence-electron chi connectivity index (χ1n) is 21.2. The fourth-order valence-electron chi connectivity index (χ4n) is 8.77. The number of nitrogens with zero attached hydrogens (tertiary/aromatic N) is 1. The fourth-order valence-corrected chi connectivity index (χ4v) is 8.77. The van der Waals surface area contributed by atoms with Crippen LogP contribution in [0.25, 0.3) is 88.7 Å². The molecule has 1 aromatic heterocycles. The van der Waals surface area contributed by atoms with Crippen molar-refractivity contribution >= 4 is 38.8 Å². The maximum Gasteiger partial charge on any atom is 0.143 e. The summed E-state index contributed by atoms with van der Waals surface area (Å²) in [5.74, 6) is 0.877. The minimum atomic E-state index is 0.877. The van der Waals surface area contributed by atoms with Crippen molar-refractivity contribution in [2.24, 2.45) is 0 Å². The lowest BCUT2D eigenvalue weighted by Crippen LogP contribution is -2.11. The van der Waals surface area contributed by atoms with Gasteiger partial charge in [0.2, 0.25) is 0 Å². The molecule has 0 amide bonds. The second kappa shape index (κ2) is 16.1. The monoisotopic (exact) mass is 791 g/mol. The van der Waals surface area contributed by atoms with Crippen molar-refractivity contribution in [2.45, 2.75) is 0 Å². The molecule has 0 aliphatic carbocycles. The standard InChI is InChI=1S/C60H41NO/c1-3-14-42(15-4-1)44-26-29-47(30-27-44)55-22-9-11-24-57(55)61(54-38-34-46(35-39-54)51-31-28-43-16-7-8-19-49(43)40-51)53-36-32-45(33-37-53)50-20-13-21-52(41-50)60-59(48-17-5-2-6-18-48)56-23-10-12-25-58(56)62-60/h1-41H. The summed E-state index contributed by atoms with van der Waals surface area (Å²) in [5.41, 5.74) is 16.8. The quantitative estimate of drug-likeness (QED) is 0.145. The number of rotatable bonds is 9. The lowest BCUT2D eigenvalue weighted by molar-refractivity contribution is 0.632. The van der Waals surface area contributed by atoms with Crippen molar-refractivity contribution in [1.29, 1.82) is 0 Å². The van der Waals surface area contributed by atoms with Gasteiger partial charge in [-0.25, -0.2) is 0 Å². The molecule has 11 rings (SSSR count). The molecule has 0 spiro atoms. The highest BCUT2D eigenvalue weighted by Crippen LogP contribution is 2.44. The van der Waals surface area contributed by atoms with Crippen LogP contribution in [0.2, 0.25) is 0 Å². The molecular formula is C60H41NO. The first kappa shape index (κ1) is 36.8. The molecule has 2 nitrogen and oxygen atoms in total. The Labute approximate surface area is 362 Å². The largest absolute Gasteiger partial charge is 0.455 e. The van der Waals surface area contributed by atoms with Crippen molar-refractivity contribution in [1.82, 2.24) is 0 Å². The van der Waals surface area contributed by atoms with Gasteiger partial charge in [-0.2, -0.15) is 0 Å². The predicted octanol–water partition coefficient (Wildman–Crippen LogP) is 17.1. The highest BCUT2D eigenvalue weighted by atomic mass is 16.3. The Morgan fingerprint density at radius 1 is 0.290 bits per heavy atom. The van der Waals surface area contributed by atoms with E-state index in [0.717, 1.165) is 72.7 Å². The second-order valence-electron chi connectivity index (χ2n) is 15.7. The second-order valence-corrected chi connectivity index (χ2v) is 15.7. The predicted molar refractivity (Wildman–Crippen MR) is 261 cm³/mol. The molecular weight excluding hydrogens is 751 g/mol. The van der Waals surface area contributed by atoms with Crippen LogP contribution in [0, 0.1) is 0 Å². The summed E-state index contributed by atoms with van der Waals surface area (Å²) >= 11 is 0. The first-order chi connectivity index (χ1) is 30.7. The van der Waals surface area contributed by atoms with Crippen LogP contribution < -0.4 is 4.90 Å². The minimum Gasteiger partial charge on any atom is -0.455 e. The van der Waals surface area contributed by atoms with Crippen molar-refractivity contribution in [3.05, 3.63) is 249 Å². The molecule has 0 fully saturated rings. The average molecular weight is 792 g/mol. The number of fused-ring (bicyclic) bond motifs is 2. The molecule has 0 N–H and O–H groups in total. The van der Waals surface area contributed by atoms with Gasteiger partial charge < -0.3 is 9.32 Å². The Morgan fingerprint density at radius 3 is 1.50 bits per heavy atom. The lowest BCUT2D eigenvalue weighted by atomic mass is 9.96. The fraction of sp³-hybridized carbons (Fsp3) is 0. The third kappa shape index (κ3) is 7.04. The van der Waals surface area contributed by atoms with Crippen LogP contribution in [-0.2, 0) is 0 Å². The number of para-hydroxylation sites is 2. The molecule has 10 aromatic carbocycles. The molecule has 0 bridgehead atoms. The third-order valence-corrected chi connectivity index (χ3v) is 11.9. The molecule has 2 heteroatoms. The van der Waals surface area contributed by atoms with Crippen molar-refractivity contribution in [3.63, 3.8) is 0 Å². The highest BCUT2D eigenvalue weighted by Gasteiger charge is 2.20. The van der Waals surface area contributed by atoms with Crippen molar-refractivity contribution < 1.29 is 4.42 Å². The maximum absolute atomic E-state index is 6.60. The molecule has 1 heterocycles. The van der Waals surface area contributed by atoms with Gasteiger partial charge in [0.1, 0.15) is 11.3 Å². The summed E-state index contributed by atoms with van der Waals surface area (Å²) in [5, 5.41) is 3.60. The van der Waals surface area contributed by atoms with E-state index in [0.29, 0.717) is 0 Å². The Kier molecular flexibility index (Phi) is 9.57. The number of benzene rings is 10. The summed E-state index contributed by atoms with van der Waals surface area (Å²) in [4.78, 5) is 2.38. The Hall–Kier alpha value is -8.20. The molecule has 0 aliphatic heterocycles. The van der Waals surface area contributed by atoms with Crippen LogP contribution in [0.15, 0.2) is 253 Å². The van der Waals surface area contributed by atoms with Crippen LogP contribution in [0.3, 0.4) is 0 Å². The summed E-state index contributed by atoms with van der Waals surface area (Å²) in [6, 6.07) is 88.9. The van der Waals surface area contributed by atoms with Gasteiger partial charge in [-0.1, -0.05) is 200 Å². The Bertz CT molecular complexity index is 3310. The van der Waals surface area contributed by atoms with E-state index >= 15 is 0 Å². The van der Waals surface area contributed by atoms with E-state index in [4.69, 9.17) is 4.42 Å². The van der Waals surface area contributed by atoms with Gasteiger partial charge in [0.15, 0.2) is 0 Å². The van der Waals surface area contributed by atoms with E-state index in [1.807, 2.05) is 6.07 Å².